The third-order valence-corrected chi connectivity index (χ3v) is 6.46. The van der Waals surface area contributed by atoms with E-state index in [-0.39, 0.29) is 0 Å². The van der Waals surface area contributed by atoms with Crippen molar-refractivity contribution in [2.75, 3.05) is 44.2 Å². The Morgan fingerprint density at radius 2 is 1.63 bits per heavy atom. The minimum Gasteiger partial charge on any atom is -0.363 e. The molecule has 1 saturated heterocycles. The largest absolute Gasteiger partial charge is 0.416 e. The topological polar surface area (TPSA) is 59.3 Å². The summed E-state index contributed by atoms with van der Waals surface area (Å²) in [7, 11) is 1.82. The monoisotopic (exact) mass is 488 g/mol. The molecule has 3 aromatic rings. The molecule has 0 N–H and O–H groups in total. The van der Waals surface area contributed by atoms with Gasteiger partial charge in [-0.15, -0.1) is 0 Å². The molecule has 1 unspecified atom stereocenters. The summed E-state index contributed by atoms with van der Waals surface area (Å²) in [6, 6.07) is 7.13. The number of hydrogen-bond acceptors (Lipinski definition) is 6. The van der Waals surface area contributed by atoms with Crippen LogP contribution in [-0.4, -0.2) is 63.7 Å². The summed E-state index contributed by atoms with van der Waals surface area (Å²) < 4.78 is 48.1. The molecule has 0 amide bonds. The van der Waals surface area contributed by atoms with Gasteiger partial charge in [0.1, 0.15) is 11.4 Å². The first-order valence-electron chi connectivity index (χ1n) is 11.8. The fraction of sp³-hybridized carbons (Fsp3) is 0.480. The fourth-order valence-corrected chi connectivity index (χ4v) is 4.43. The number of imidazole rings is 1. The van der Waals surface area contributed by atoms with Crippen molar-refractivity contribution >= 4 is 5.95 Å². The average molecular weight is 489 g/mol. The highest BCUT2D eigenvalue weighted by molar-refractivity contribution is 5.34. The SMILES string of the molecule is Cn1ccnc1C(C)(OCCCCN1CCN(c2ncccn2)CC1)c1cccc(C(F)(F)F)c1. The molecule has 0 radical (unpaired) electrons. The van der Waals surface area contributed by atoms with Gasteiger partial charge in [0.25, 0.3) is 0 Å². The van der Waals surface area contributed by atoms with Gasteiger partial charge in [0.2, 0.25) is 5.95 Å². The summed E-state index contributed by atoms with van der Waals surface area (Å²) in [4.78, 5) is 17.6. The van der Waals surface area contributed by atoms with Gasteiger partial charge >= 0.3 is 6.18 Å². The molecule has 2 aromatic heterocycles. The van der Waals surface area contributed by atoms with Crippen molar-refractivity contribution in [3.63, 3.8) is 0 Å². The highest BCUT2D eigenvalue weighted by Crippen LogP contribution is 2.36. The number of piperazine rings is 1. The van der Waals surface area contributed by atoms with Crippen LogP contribution in [0.15, 0.2) is 55.1 Å². The van der Waals surface area contributed by atoms with E-state index in [4.69, 9.17) is 4.74 Å². The molecule has 1 fully saturated rings. The first-order chi connectivity index (χ1) is 16.8. The molecule has 1 aromatic carbocycles. The molecule has 0 bridgehead atoms. The van der Waals surface area contributed by atoms with E-state index in [1.165, 1.54) is 6.07 Å². The molecule has 1 aliphatic heterocycles. The zero-order valence-corrected chi connectivity index (χ0v) is 20.1. The number of rotatable bonds is 9. The van der Waals surface area contributed by atoms with E-state index >= 15 is 0 Å². The maximum absolute atomic E-state index is 13.4. The number of alkyl halides is 3. The van der Waals surface area contributed by atoms with Crippen molar-refractivity contribution in [2.45, 2.75) is 31.5 Å². The van der Waals surface area contributed by atoms with Crippen LogP contribution in [-0.2, 0) is 23.6 Å². The Kier molecular flexibility index (Phi) is 7.71. The Morgan fingerprint density at radius 3 is 2.29 bits per heavy atom. The number of hydrogen-bond donors (Lipinski definition) is 0. The predicted molar refractivity (Wildman–Crippen MR) is 127 cm³/mol. The van der Waals surface area contributed by atoms with E-state index in [0.29, 0.717) is 18.0 Å². The lowest BCUT2D eigenvalue weighted by molar-refractivity contribution is -0.137. The number of benzene rings is 1. The summed E-state index contributed by atoms with van der Waals surface area (Å²) in [5.74, 6) is 1.33. The van der Waals surface area contributed by atoms with Crippen LogP contribution in [0.5, 0.6) is 0 Å². The first-order valence-corrected chi connectivity index (χ1v) is 11.8. The molecule has 3 heterocycles. The second-order valence-electron chi connectivity index (χ2n) is 8.91. The average Bonchev–Trinajstić information content (AvgIpc) is 3.31. The first kappa shape index (κ1) is 25.1. The third kappa shape index (κ3) is 5.99. The lowest BCUT2D eigenvalue weighted by Gasteiger charge is -2.34. The van der Waals surface area contributed by atoms with E-state index in [1.807, 2.05) is 13.1 Å². The molecule has 7 nitrogen and oxygen atoms in total. The summed E-state index contributed by atoms with van der Waals surface area (Å²) in [5, 5.41) is 0. The second-order valence-corrected chi connectivity index (χ2v) is 8.91. The molecule has 0 saturated carbocycles. The smallest absolute Gasteiger partial charge is 0.363 e. The molecule has 0 aliphatic carbocycles. The molecule has 10 heteroatoms. The minimum atomic E-state index is -4.42. The number of unbranched alkanes of at least 4 members (excludes halogenated alkanes) is 1. The quantitative estimate of drug-likeness (QED) is 0.423. The summed E-state index contributed by atoms with van der Waals surface area (Å²) >= 11 is 0. The van der Waals surface area contributed by atoms with Gasteiger partial charge in [-0.2, -0.15) is 13.2 Å². The molecule has 0 spiro atoms. The van der Waals surface area contributed by atoms with E-state index in [0.717, 1.165) is 63.6 Å². The van der Waals surface area contributed by atoms with Crippen LogP contribution in [0.3, 0.4) is 0 Å². The summed E-state index contributed by atoms with van der Waals surface area (Å²) in [6.07, 6.45) is 4.21. The van der Waals surface area contributed by atoms with Crippen LogP contribution in [0.2, 0.25) is 0 Å². The summed E-state index contributed by atoms with van der Waals surface area (Å²) in [5.41, 5.74) is -1.36. The normalized spacial score (nSPS) is 16.9. The van der Waals surface area contributed by atoms with Crippen LogP contribution in [0.25, 0.3) is 0 Å². The number of halogens is 3. The standard InChI is InChI=1S/C25H31F3N6O/c1-24(22-29-11-13-32(22)2,20-7-5-8-21(19-20)25(26,27)28)35-18-4-3-12-33-14-16-34(17-15-33)23-30-9-6-10-31-23/h5-11,13,19H,3-4,12,14-18H2,1-2H3. The van der Waals surface area contributed by atoms with Crippen molar-refractivity contribution in [3.05, 3.63) is 72.1 Å². The number of ether oxygens (including phenoxy) is 1. The van der Waals surface area contributed by atoms with Gasteiger partial charge in [-0.3, -0.25) is 4.90 Å². The van der Waals surface area contributed by atoms with Gasteiger partial charge in [0.05, 0.1) is 5.56 Å². The lowest BCUT2D eigenvalue weighted by Crippen LogP contribution is -2.47. The maximum atomic E-state index is 13.4. The van der Waals surface area contributed by atoms with Crippen molar-refractivity contribution < 1.29 is 17.9 Å². The van der Waals surface area contributed by atoms with Crippen LogP contribution in [0, 0.1) is 0 Å². The van der Waals surface area contributed by atoms with Crippen molar-refractivity contribution in [2.24, 2.45) is 7.05 Å². The predicted octanol–water partition coefficient (Wildman–Crippen LogP) is 4.11. The van der Waals surface area contributed by atoms with Crippen molar-refractivity contribution in [1.29, 1.82) is 0 Å². The van der Waals surface area contributed by atoms with Crippen LogP contribution >= 0.6 is 0 Å². The maximum Gasteiger partial charge on any atom is 0.416 e. The lowest BCUT2D eigenvalue weighted by atomic mass is 9.92. The van der Waals surface area contributed by atoms with Gasteiger partial charge in [-0.05, 0) is 50.1 Å². The third-order valence-electron chi connectivity index (χ3n) is 6.46. The number of nitrogens with zero attached hydrogens (tertiary/aromatic N) is 6. The van der Waals surface area contributed by atoms with E-state index < -0.39 is 17.3 Å². The molecular formula is C25H31F3N6O. The Bertz CT molecular complexity index is 1080. The highest BCUT2D eigenvalue weighted by Gasteiger charge is 2.37. The zero-order chi connectivity index (χ0) is 24.9. The van der Waals surface area contributed by atoms with Crippen molar-refractivity contribution in [3.8, 4) is 0 Å². The van der Waals surface area contributed by atoms with Gasteiger partial charge < -0.3 is 14.2 Å². The van der Waals surface area contributed by atoms with Gasteiger partial charge in [0.15, 0.2) is 0 Å². The Morgan fingerprint density at radius 1 is 0.914 bits per heavy atom. The Labute approximate surface area is 203 Å². The molecule has 1 aliphatic rings. The van der Waals surface area contributed by atoms with E-state index in [2.05, 4.69) is 24.8 Å². The van der Waals surface area contributed by atoms with Crippen LogP contribution < -0.4 is 4.90 Å². The molecule has 1 atom stereocenters. The highest BCUT2D eigenvalue weighted by atomic mass is 19.4. The molecule has 188 valence electrons. The Balaban J connectivity index is 1.32. The summed E-state index contributed by atoms with van der Waals surface area (Å²) in [6.45, 7) is 6.78. The number of aryl methyl sites for hydroxylation is 1. The van der Waals surface area contributed by atoms with Gasteiger partial charge in [-0.25, -0.2) is 15.0 Å². The van der Waals surface area contributed by atoms with E-state index in [9.17, 15) is 13.2 Å². The van der Waals surface area contributed by atoms with Gasteiger partial charge in [0, 0.05) is 64.6 Å². The fourth-order valence-electron chi connectivity index (χ4n) is 4.43. The number of aromatic nitrogens is 4. The minimum absolute atomic E-state index is 0.414. The Hall–Kier alpha value is -2.98. The van der Waals surface area contributed by atoms with Crippen molar-refractivity contribution in [1.82, 2.24) is 24.4 Å². The second kappa shape index (κ2) is 10.7. The van der Waals surface area contributed by atoms with E-state index in [1.54, 1.807) is 42.3 Å². The molecular weight excluding hydrogens is 457 g/mol. The van der Waals surface area contributed by atoms with Gasteiger partial charge in [-0.1, -0.05) is 12.1 Å². The molecule has 35 heavy (non-hydrogen) atoms. The zero-order valence-electron chi connectivity index (χ0n) is 20.1. The van der Waals surface area contributed by atoms with Crippen LogP contribution in [0.1, 0.15) is 36.7 Å². The molecule has 4 rings (SSSR count). The number of anilines is 1. The van der Waals surface area contributed by atoms with Crippen LogP contribution in [0.4, 0.5) is 19.1 Å².